The van der Waals surface area contributed by atoms with Crippen LogP contribution >= 0.6 is 0 Å². The summed E-state index contributed by atoms with van der Waals surface area (Å²) >= 11 is 0. The van der Waals surface area contributed by atoms with Crippen molar-refractivity contribution >= 4 is 11.9 Å². The van der Waals surface area contributed by atoms with Crippen molar-refractivity contribution in [1.29, 1.82) is 0 Å². The normalized spacial score (nSPS) is 24.6. The van der Waals surface area contributed by atoms with E-state index in [4.69, 9.17) is 9.84 Å². The van der Waals surface area contributed by atoms with E-state index in [1.807, 2.05) is 6.92 Å². The highest BCUT2D eigenvalue weighted by molar-refractivity contribution is 5.90. The lowest BCUT2D eigenvalue weighted by Crippen LogP contribution is -2.42. The topological polar surface area (TPSA) is 63.6 Å². The number of carboxylic acid groups (broad SMARTS) is 1. The average Bonchev–Trinajstić information content (AvgIpc) is 2.58. The van der Waals surface area contributed by atoms with E-state index < -0.39 is 17.5 Å². The molecule has 0 saturated heterocycles. The molecule has 1 N–H and O–H groups in total. The highest BCUT2D eigenvalue weighted by Crippen LogP contribution is 2.42. The number of aliphatic carboxylic acids is 1. The second-order valence-electron chi connectivity index (χ2n) is 7.89. The number of unbranched alkanes of at least 4 members (excludes halogenated alkanes) is 1. The number of ether oxygens (including phenoxy) is 1. The SMILES string of the molecule is CCCCC(C)(OC(=O)/C=C/C(=O)O)C1CCC(C(C)CCC)CC1. The van der Waals surface area contributed by atoms with Crippen LogP contribution in [0.15, 0.2) is 12.2 Å². The Morgan fingerprint density at radius 3 is 2.32 bits per heavy atom. The van der Waals surface area contributed by atoms with E-state index in [0.29, 0.717) is 5.92 Å². The monoisotopic (exact) mass is 352 g/mol. The summed E-state index contributed by atoms with van der Waals surface area (Å²) < 4.78 is 5.78. The fourth-order valence-corrected chi connectivity index (χ4v) is 4.26. The Labute approximate surface area is 153 Å². The summed E-state index contributed by atoms with van der Waals surface area (Å²) in [5.41, 5.74) is -0.491. The van der Waals surface area contributed by atoms with Crippen molar-refractivity contribution in [2.24, 2.45) is 17.8 Å². The van der Waals surface area contributed by atoms with Crippen LogP contribution in [0.2, 0.25) is 0 Å². The van der Waals surface area contributed by atoms with Gasteiger partial charge in [-0.1, -0.05) is 40.0 Å². The summed E-state index contributed by atoms with van der Waals surface area (Å²) in [6, 6.07) is 0. The number of hydrogen-bond acceptors (Lipinski definition) is 3. The van der Waals surface area contributed by atoms with Crippen molar-refractivity contribution in [1.82, 2.24) is 0 Å². The van der Waals surface area contributed by atoms with Gasteiger partial charge in [-0.25, -0.2) is 9.59 Å². The van der Waals surface area contributed by atoms with E-state index in [1.165, 1.54) is 25.7 Å². The molecule has 0 bridgehead atoms. The summed E-state index contributed by atoms with van der Waals surface area (Å²) in [6.45, 7) is 8.78. The molecule has 0 aromatic carbocycles. The minimum Gasteiger partial charge on any atom is -0.478 e. The van der Waals surface area contributed by atoms with Gasteiger partial charge >= 0.3 is 11.9 Å². The second-order valence-corrected chi connectivity index (χ2v) is 7.89. The van der Waals surface area contributed by atoms with E-state index in [1.54, 1.807) is 0 Å². The minimum absolute atomic E-state index is 0.367. The second kappa shape index (κ2) is 10.6. The van der Waals surface area contributed by atoms with E-state index >= 15 is 0 Å². The van der Waals surface area contributed by atoms with E-state index in [9.17, 15) is 9.59 Å². The van der Waals surface area contributed by atoms with Crippen molar-refractivity contribution < 1.29 is 19.4 Å². The van der Waals surface area contributed by atoms with Crippen LogP contribution in [-0.2, 0) is 14.3 Å². The summed E-state index contributed by atoms with van der Waals surface area (Å²) in [7, 11) is 0. The first kappa shape index (κ1) is 21.7. The van der Waals surface area contributed by atoms with Crippen LogP contribution in [0.5, 0.6) is 0 Å². The predicted molar refractivity (Wildman–Crippen MR) is 100 cm³/mol. The summed E-state index contributed by atoms with van der Waals surface area (Å²) in [4.78, 5) is 22.7. The molecule has 0 radical (unpaired) electrons. The summed E-state index contributed by atoms with van der Waals surface area (Å²) in [5, 5.41) is 8.68. The molecule has 4 nitrogen and oxygen atoms in total. The first-order valence-corrected chi connectivity index (χ1v) is 9.96. The number of hydrogen-bond donors (Lipinski definition) is 1. The standard InChI is InChI=1S/C21H36O4/c1-5-7-15-21(4,25-20(24)14-13-19(22)23)18-11-9-17(10-12-18)16(3)8-6-2/h13-14,16-18H,5-12,15H2,1-4H3,(H,22,23)/b14-13+. The molecule has 1 rings (SSSR count). The maximum Gasteiger partial charge on any atom is 0.331 e. The van der Waals surface area contributed by atoms with Gasteiger partial charge in [0.1, 0.15) is 5.60 Å². The van der Waals surface area contributed by atoms with Gasteiger partial charge in [-0.15, -0.1) is 0 Å². The van der Waals surface area contributed by atoms with Gasteiger partial charge in [0.25, 0.3) is 0 Å². The lowest BCUT2D eigenvalue weighted by Gasteiger charge is -2.42. The molecule has 2 unspecified atom stereocenters. The number of carbonyl (C=O) groups excluding carboxylic acids is 1. The largest absolute Gasteiger partial charge is 0.478 e. The Morgan fingerprint density at radius 2 is 1.80 bits per heavy atom. The first-order valence-electron chi connectivity index (χ1n) is 9.96. The highest BCUT2D eigenvalue weighted by atomic mass is 16.6. The van der Waals surface area contributed by atoms with Crippen molar-refractivity contribution in [3.05, 3.63) is 12.2 Å². The average molecular weight is 353 g/mol. The molecule has 4 heteroatoms. The number of carbonyl (C=O) groups is 2. The molecule has 0 aromatic heterocycles. The van der Waals surface area contributed by atoms with Gasteiger partial charge in [-0.2, -0.15) is 0 Å². The van der Waals surface area contributed by atoms with Gasteiger partial charge in [0.2, 0.25) is 0 Å². The quantitative estimate of drug-likeness (QED) is 0.424. The number of rotatable bonds is 10. The van der Waals surface area contributed by atoms with Gasteiger partial charge in [0.15, 0.2) is 0 Å². The Morgan fingerprint density at radius 1 is 1.16 bits per heavy atom. The smallest absolute Gasteiger partial charge is 0.331 e. The van der Waals surface area contributed by atoms with Gasteiger partial charge in [0, 0.05) is 12.2 Å². The third-order valence-electron chi connectivity index (χ3n) is 5.91. The fourth-order valence-electron chi connectivity index (χ4n) is 4.26. The van der Waals surface area contributed by atoms with Crippen molar-refractivity contribution in [3.8, 4) is 0 Å². The van der Waals surface area contributed by atoms with E-state index in [0.717, 1.165) is 56.1 Å². The molecule has 1 fully saturated rings. The van der Waals surface area contributed by atoms with E-state index in [2.05, 4.69) is 20.8 Å². The lowest BCUT2D eigenvalue weighted by molar-refractivity contribution is -0.161. The minimum atomic E-state index is -1.13. The predicted octanol–water partition coefficient (Wildman–Crippen LogP) is 5.36. The van der Waals surface area contributed by atoms with Crippen molar-refractivity contribution in [3.63, 3.8) is 0 Å². The molecule has 144 valence electrons. The molecule has 2 atom stereocenters. The van der Waals surface area contributed by atoms with Crippen LogP contribution in [0.1, 0.15) is 85.5 Å². The number of carboxylic acids is 1. The lowest BCUT2D eigenvalue weighted by atomic mass is 9.69. The van der Waals surface area contributed by atoms with Gasteiger partial charge in [-0.3, -0.25) is 0 Å². The molecule has 0 aromatic rings. The third-order valence-corrected chi connectivity index (χ3v) is 5.91. The van der Waals surface area contributed by atoms with Crippen LogP contribution < -0.4 is 0 Å². The van der Waals surface area contributed by atoms with Crippen LogP contribution in [0, 0.1) is 17.8 Å². The zero-order valence-corrected chi connectivity index (χ0v) is 16.4. The van der Waals surface area contributed by atoms with Crippen molar-refractivity contribution in [2.45, 2.75) is 91.1 Å². The molecule has 0 heterocycles. The molecule has 1 aliphatic rings. The van der Waals surface area contributed by atoms with Crippen LogP contribution in [0.4, 0.5) is 0 Å². The maximum atomic E-state index is 12.1. The zero-order valence-electron chi connectivity index (χ0n) is 16.4. The van der Waals surface area contributed by atoms with Gasteiger partial charge in [-0.05, 0) is 63.2 Å². The van der Waals surface area contributed by atoms with Crippen LogP contribution in [0.25, 0.3) is 0 Å². The Kier molecular flexibility index (Phi) is 9.23. The summed E-state index contributed by atoms with van der Waals surface area (Å²) in [6.07, 6.45) is 11.9. The molecule has 0 aliphatic heterocycles. The Hall–Kier alpha value is -1.32. The first-order chi connectivity index (χ1) is 11.8. The van der Waals surface area contributed by atoms with Crippen molar-refractivity contribution in [2.75, 3.05) is 0 Å². The summed E-state index contributed by atoms with van der Waals surface area (Å²) in [5.74, 6) is 0.259. The molecule has 1 aliphatic carbocycles. The molecular weight excluding hydrogens is 316 g/mol. The Balaban J connectivity index is 2.71. The maximum absolute atomic E-state index is 12.1. The molecular formula is C21H36O4. The molecule has 1 saturated carbocycles. The molecule has 25 heavy (non-hydrogen) atoms. The third kappa shape index (κ3) is 7.21. The molecule has 0 spiro atoms. The molecule has 0 amide bonds. The van der Waals surface area contributed by atoms with Gasteiger partial charge < -0.3 is 9.84 Å². The van der Waals surface area contributed by atoms with Gasteiger partial charge in [0.05, 0.1) is 0 Å². The Bertz CT molecular complexity index is 449. The van der Waals surface area contributed by atoms with Crippen LogP contribution in [-0.4, -0.2) is 22.6 Å². The fraction of sp³-hybridized carbons (Fsp3) is 0.810. The van der Waals surface area contributed by atoms with E-state index in [-0.39, 0.29) is 0 Å². The zero-order chi connectivity index (χ0) is 18.9. The number of esters is 1. The highest BCUT2D eigenvalue weighted by Gasteiger charge is 2.39. The van der Waals surface area contributed by atoms with Crippen LogP contribution in [0.3, 0.4) is 0 Å².